The van der Waals surface area contributed by atoms with E-state index in [1.165, 1.54) is 0 Å². The van der Waals surface area contributed by atoms with Crippen molar-refractivity contribution in [2.75, 3.05) is 5.32 Å². The average molecular weight is 257 g/mol. The van der Waals surface area contributed by atoms with Crippen LogP contribution in [0.2, 0.25) is 0 Å². The maximum absolute atomic E-state index is 5.28. The van der Waals surface area contributed by atoms with E-state index in [-0.39, 0.29) is 0 Å². The van der Waals surface area contributed by atoms with Gasteiger partial charge in [-0.25, -0.2) is 9.97 Å². The van der Waals surface area contributed by atoms with Gasteiger partial charge in [-0.1, -0.05) is 13.8 Å². The Balaban J connectivity index is 1.91. The van der Waals surface area contributed by atoms with Gasteiger partial charge < -0.3 is 9.73 Å². The largest absolute Gasteiger partial charge is 0.467 e. The van der Waals surface area contributed by atoms with E-state index < -0.39 is 0 Å². The Bertz CT molecular complexity index is 671. The number of hydrogen-bond acceptors (Lipinski definition) is 5. The summed E-state index contributed by atoms with van der Waals surface area (Å²) in [5, 5.41) is 10.5. The summed E-state index contributed by atoms with van der Waals surface area (Å²) in [6.07, 6.45) is 3.20. The van der Waals surface area contributed by atoms with Crippen molar-refractivity contribution in [3.63, 3.8) is 0 Å². The van der Waals surface area contributed by atoms with E-state index in [0.717, 1.165) is 22.5 Å². The van der Waals surface area contributed by atoms with E-state index in [1.54, 1.807) is 12.6 Å². The highest BCUT2D eigenvalue weighted by atomic mass is 16.3. The number of fused-ring (bicyclic) bond motifs is 1. The minimum atomic E-state index is 0.345. The molecule has 3 aromatic rings. The molecule has 3 aromatic heterocycles. The molecule has 0 spiro atoms. The number of nitrogens with one attached hydrogen (secondary N) is 2. The molecule has 0 aliphatic carbocycles. The van der Waals surface area contributed by atoms with Gasteiger partial charge in [-0.2, -0.15) is 5.10 Å². The molecule has 0 radical (unpaired) electrons. The quantitative estimate of drug-likeness (QED) is 0.751. The van der Waals surface area contributed by atoms with Gasteiger partial charge in [0.05, 0.1) is 18.5 Å². The van der Waals surface area contributed by atoms with Crippen LogP contribution in [0.25, 0.3) is 11.0 Å². The average Bonchev–Trinajstić information content (AvgIpc) is 3.05. The molecule has 6 nitrogen and oxygen atoms in total. The van der Waals surface area contributed by atoms with Gasteiger partial charge in [-0.15, -0.1) is 0 Å². The molecule has 0 aliphatic heterocycles. The number of rotatable bonds is 4. The van der Waals surface area contributed by atoms with Crippen molar-refractivity contribution >= 4 is 16.9 Å². The number of aromatic nitrogens is 4. The third kappa shape index (κ3) is 2.16. The summed E-state index contributed by atoms with van der Waals surface area (Å²) < 4.78 is 5.28. The maximum Gasteiger partial charge on any atom is 0.158 e. The molecule has 0 aromatic carbocycles. The number of aromatic amines is 1. The third-order valence-electron chi connectivity index (χ3n) is 2.95. The van der Waals surface area contributed by atoms with E-state index in [1.807, 2.05) is 12.1 Å². The fourth-order valence-electron chi connectivity index (χ4n) is 1.97. The highest BCUT2D eigenvalue weighted by molar-refractivity contribution is 5.86. The minimum Gasteiger partial charge on any atom is -0.467 e. The van der Waals surface area contributed by atoms with E-state index in [4.69, 9.17) is 4.42 Å². The zero-order chi connectivity index (χ0) is 13.2. The van der Waals surface area contributed by atoms with Crippen molar-refractivity contribution in [3.05, 3.63) is 36.2 Å². The van der Waals surface area contributed by atoms with Crippen LogP contribution >= 0.6 is 0 Å². The molecule has 3 heterocycles. The van der Waals surface area contributed by atoms with E-state index in [9.17, 15) is 0 Å². The van der Waals surface area contributed by atoms with Crippen LogP contribution in [0, 0.1) is 0 Å². The Morgan fingerprint density at radius 2 is 2.21 bits per heavy atom. The molecule has 3 rings (SSSR count). The number of anilines is 1. The first-order chi connectivity index (χ1) is 9.25. The zero-order valence-corrected chi connectivity index (χ0v) is 10.8. The molecule has 0 atom stereocenters. The van der Waals surface area contributed by atoms with Crippen molar-refractivity contribution < 1.29 is 4.42 Å². The molecular formula is C13H15N5O. The van der Waals surface area contributed by atoms with Gasteiger partial charge in [0, 0.05) is 0 Å². The van der Waals surface area contributed by atoms with Crippen LogP contribution in [0.15, 0.2) is 29.1 Å². The highest BCUT2D eigenvalue weighted by Crippen LogP contribution is 2.24. The number of nitrogens with zero attached hydrogens (tertiary/aromatic N) is 3. The molecule has 19 heavy (non-hydrogen) atoms. The molecule has 98 valence electrons. The second kappa shape index (κ2) is 4.72. The van der Waals surface area contributed by atoms with Crippen LogP contribution < -0.4 is 5.32 Å². The number of furan rings is 1. The lowest BCUT2D eigenvalue weighted by Gasteiger charge is -2.04. The topological polar surface area (TPSA) is 79.6 Å². The van der Waals surface area contributed by atoms with Gasteiger partial charge in [0.25, 0.3) is 0 Å². The summed E-state index contributed by atoms with van der Waals surface area (Å²) in [5.41, 5.74) is 2.66. The Labute approximate surface area is 110 Å². The van der Waals surface area contributed by atoms with Crippen LogP contribution in [0.5, 0.6) is 0 Å². The monoisotopic (exact) mass is 257 g/mol. The molecule has 0 bridgehead atoms. The first-order valence-electron chi connectivity index (χ1n) is 6.21. The van der Waals surface area contributed by atoms with Crippen molar-refractivity contribution in [2.45, 2.75) is 26.3 Å². The van der Waals surface area contributed by atoms with E-state index >= 15 is 0 Å². The maximum atomic E-state index is 5.28. The van der Waals surface area contributed by atoms with Crippen molar-refractivity contribution in [3.8, 4) is 0 Å². The van der Waals surface area contributed by atoms with Crippen molar-refractivity contribution in [2.24, 2.45) is 0 Å². The molecule has 0 amide bonds. The molecule has 0 aliphatic rings. The van der Waals surface area contributed by atoms with Gasteiger partial charge in [0.15, 0.2) is 11.3 Å². The predicted octanol–water partition coefficient (Wildman–Crippen LogP) is 2.68. The van der Waals surface area contributed by atoms with Crippen LogP contribution in [-0.2, 0) is 6.54 Å². The number of hydrogen-bond donors (Lipinski definition) is 2. The molecule has 0 saturated heterocycles. The van der Waals surface area contributed by atoms with E-state index in [0.29, 0.717) is 18.3 Å². The van der Waals surface area contributed by atoms with Gasteiger partial charge in [-0.05, 0) is 18.1 Å². The Morgan fingerprint density at radius 1 is 1.32 bits per heavy atom. The second-order valence-electron chi connectivity index (χ2n) is 4.64. The highest BCUT2D eigenvalue weighted by Gasteiger charge is 2.13. The predicted molar refractivity (Wildman–Crippen MR) is 71.8 cm³/mol. The second-order valence-corrected chi connectivity index (χ2v) is 4.64. The lowest BCUT2D eigenvalue weighted by molar-refractivity contribution is 0.518. The third-order valence-corrected chi connectivity index (χ3v) is 2.95. The SMILES string of the molecule is CC(C)c1[nH]nc2c(NCc3ccco3)ncnc12. The fourth-order valence-corrected chi connectivity index (χ4v) is 1.97. The van der Waals surface area contributed by atoms with E-state index in [2.05, 4.69) is 39.3 Å². The summed E-state index contributed by atoms with van der Waals surface area (Å²) in [6, 6.07) is 3.77. The molecule has 6 heteroatoms. The van der Waals surface area contributed by atoms with Crippen LogP contribution in [0.4, 0.5) is 5.82 Å². The molecule has 0 fully saturated rings. The summed E-state index contributed by atoms with van der Waals surface area (Å²) in [4.78, 5) is 8.53. The van der Waals surface area contributed by atoms with Gasteiger partial charge in [0.1, 0.15) is 17.6 Å². The molecule has 0 unspecified atom stereocenters. The van der Waals surface area contributed by atoms with Crippen molar-refractivity contribution in [1.82, 2.24) is 20.2 Å². The van der Waals surface area contributed by atoms with Gasteiger partial charge in [0.2, 0.25) is 0 Å². The first kappa shape index (κ1) is 11.7. The van der Waals surface area contributed by atoms with Crippen molar-refractivity contribution in [1.29, 1.82) is 0 Å². The zero-order valence-electron chi connectivity index (χ0n) is 10.8. The fraction of sp³-hybridized carbons (Fsp3) is 0.308. The lowest BCUT2D eigenvalue weighted by Crippen LogP contribution is -2.01. The smallest absolute Gasteiger partial charge is 0.158 e. The van der Waals surface area contributed by atoms with Crippen LogP contribution in [0.3, 0.4) is 0 Å². The standard InChI is InChI=1S/C13H15N5O/c1-8(2)10-11-12(18-17-10)13(16-7-15-11)14-6-9-4-3-5-19-9/h3-5,7-8H,6H2,1-2H3,(H,17,18)(H,14,15,16). The Kier molecular flexibility index (Phi) is 2.91. The van der Waals surface area contributed by atoms with Gasteiger partial charge in [-0.3, -0.25) is 5.10 Å². The lowest BCUT2D eigenvalue weighted by atomic mass is 10.1. The summed E-state index contributed by atoms with van der Waals surface area (Å²) in [6.45, 7) is 4.78. The number of H-pyrrole nitrogens is 1. The summed E-state index contributed by atoms with van der Waals surface area (Å²) in [7, 11) is 0. The van der Waals surface area contributed by atoms with Crippen LogP contribution in [-0.4, -0.2) is 20.2 Å². The normalized spacial score (nSPS) is 11.3. The Morgan fingerprint density at radius 3 is 2.95 bits per heavy atom. The Hall–Kier alpha value is -2.37. The summed E-state index contributed by atoms with van der Waals surface area (Å²) >= 11 is 0. The summed E-state index contributed by atoms with van der Waals surface area (Å²) in [5.74, 6) is 1.91. The molecule has 0 saturated carbocycles. The van der Waals surface area contributed by atoms with Gasteiger partial charge >= 0.3 is 0 Å². The molecular weight excluding hydrogens is 242 g/mol. The minimum absolute atomic E-state index is 0.345. The molecule has 2 N–H and O–H groups in total. The first-order valence-corrected chi connectivity index (χ1v) is 6.21. The van der Waals surface area contributed by atoms with Crippen LogP contribution in [0.1, 0.15) is 31.2 Å².